The van der Waals surface area contributed by atoms with E-state index < -0.39 is 0 Å². The molecule has 0 radical (unpaired) electrons. The fourth-order valence-electron chi connectivity index (χ4n) is 0. The molecule has 0 unspecified atom stereocenters. The zero-order valence-corrected chi connectivity index (χ0v) is 4.66. The second kappa shape index (κ2) is 72.9. The zero-order valence-electron chi connectivity index (χ0n) is 1.72. The summed E-state index contributed by atoms with van der Waals surface area (Å²) in [5, 5.41) is 0. The number of hydrogen-bond donors (Lipinski definition) is 0. The second-order valence-corrected chi connectivity index (χ2v) is 0. The Balaban J connectivity index is 0. The third kappa shape index (κ3) is 19.6. The van der Waals surface area contributed by atoms with Gasteiger partial charge in [0, 0.05) is 21.1 Å². The van der Waals surface area contributed by atoms with Crippen LogP contribution in [0.3, 0.4) is 0 Å². The summed E-state index contributed by atoms with van der Waals surface area (Å²) in [6.45, 7) is 0. The van der Waals surface area contributed by atoms with E-state index in [0.29, 0.717) is 0 Å². The second-order valence-electron chi connectivity index (χ2n) is 0. The van der Waals surface area contributed by atoms with E-state index in [1.165, 1.54) is 0 Å². The summed E-state index contributed by atoms with van der Waals surface area (Å²) in [4.78, 5) is 0. The molecule has 0 aliphatic carbocycles. The molecule has 0 amide bonds. The van der Waals surface area contributed by atoms with Crippen molar-refractivity contribution in [1.29, 1.82) is 0 Å². The summed E-state index contributed by atoms with van der Waals surface area (Å²) in [5.74, 6) is 0. The molecule has 0 saturated carbocycles. The van der Waals surface area contributed by atoms with Crippen molar-refractivity contribution in [3.63, 3.8) is 0 Å². The monoisotopic (exact) mass is 234 g/mol. The van der Waals surface area contributed by atoms with Crippen LogP contribution in [-0.2, 0) is 32.0 Å². The first-order chi connectivity index (χ1) is 0. The molecule has 4 heavy (non-hydrogen) atoms. The summed E-state index contributed by atoms with van der Waals surface area (Å²) >= 11 is 0. The van der Waals surface area contributed by atoms with Crippen LogP contribution in [0.4, 0.5) is 0 Å². The molecule has 4 heteroatoms. The van der Waals surface area contributed by atoms with Gasteiger partial charge in [0.1, 0.15) is 0 Å². The van der Waals surface area contributed by atoms with Crippen LogP contribution in [-0.4, -0.2) is 5.48 Å². The fourth-order valence-corrected chi connectivity index (χ4v) is 0. The molecular formula is H2O3W-4. The molecule has 30 valence electrons. The van der Waals surface area contributed by atoms with Crippen molar-refractivity contribution in [2.45, 2.75) is 0 Å². The van der Waals surface area contributed by atoms with Crippen LogP contribution in [0.5, 0.6) is 0 Å². The van der Waals surface area contributed by atoms with E-state index in [2.05, 4.69) is 0 Å². The van der Waals surface area contributed by atoms with Gasteiger partial charge in [0.2, 0.25) is 0 Å². The Labute approximate surface area is 38.2 Å². The Hall–Kier alpha value is 0.568. The molecule has 3 nitrogen and oxygen atoms in total. The van der Waals surface area contributed by atoms with Gasteiger partial charge < -0.3 is 16.4 Å². The van der Waals surface area contributed by atoms with Crippen molar-refractivity contribution in [1.82, 2.24) is 0 Å². The molecule has 0 aromatic rings. The van der Waals surface area contributed by atoms with E-state index >= 15 is 0 Å². The van der Waals surface area contributed by atoms with Gasteiger partial charge in [0.05, 0.1) is 0 Å². The molecule has 0 heterocycles. The predicted octanol–water partition coefficient (Wildman–Crippen LogP) is -1.06. The number of hydrogen-bond acceptors (Lipinski definition) is 0. The molecule has 0 aliphatic heterocycles. The molecule has 0 aromatic heterocycles. The topological polar surface area (TPSA) is 88.5 Å². The van der Waals surface area contributed by atoms with E-state index in [4.69, 9.17) is 0 Å². The van der Waals surface area contributed by atoms with Gasteiger partial charge in [-0.3, -0.25) is 0 Å². The molecular weight excluding hydrogens is 232 g/mol. The van der Waals surface area contributed by atoms with Gasteiger partial charge in [-0.25, -0.2) is 0 Å². The summed E-state index contributed by atoms with van der Waals surface area (Å²) in [7, 11) is 0. The summed E-state index contributed by atoms with van der Waals surface area (Å²) in [6.07, 6.45) is 0. The van der Waals surface area contributed by atoms with Gasteiger partial charge in [0.25, 0.3) is 0 Å². The van der Waals surface area contributed by atoms with Gasteiger partial charge in [-0.1, -0.05) is 0 Å². The minimum Gasteiger partial charge on any atom is -2.00 e. The number of rotatable bonds is 0. The largest absolute Gasteiger partial charge is 2.00 e. The summed E-state index contributed by atoms with van der Waals surface area (Å²) in [6, 6.07) is 0. The first-order valence-corrected chi connectivity index (χ1v) is 0. The Morgan fingerprint density at radius 1 is 0.750 bits per heavy atom. The van der Waals surface area contributed by atoms with Crippen LogP contribution in [0.25, 0.3) is 0 Å². The Morgan fingerprint density at radius 2 is 0.750 bits per heavy atom. The van der Waals surface area contributed by atoms with Crippen LogP contribution in [0, 0.1) is 0 Å². The molecule has 0 saturated heterocycles. The van der Waals surface area contributed by atoms with E-state index in [1.807, 2.05) is 0 Å². The summed E-state index contributed by atoms with van der Waals surface area (Å²) in [5.41, 5.74) is 0. The zero-order chi connectivity index (χ0) is 0. The molecule has 0 fully saturated rings. The predicted molar refractivity (Wildman–Crippen MR) is 4.99 cm³/mol. The van der Waals surface area contributed by atoms with E-state index in [9.17, 15) is 0 Å². The average Bonchev–Trinajstić information content (AvgIpc) is 0. The maximum absolute atomic E-state index is 0. The van der Waals surface area contributed by atoms with Gasteiger partial charge in [-0.05, 0) is 0 Å². The first kappa shape index (κ1) is 180. The van der Waals surface area contributed by atoms with Gasteiger partial charge >= 0.3 is 0 Å². The van der Waals surface area contributed by atoms with Gasteiger partial charge in [-0.15, -0.1) is 0 Å². The molecule has 0 spiro atoms. The van der Waals surface area contributed by atoms with Crippen molar-refractivity contribution in [2.24, 2.45) is 0 Å². The van der Waals surface area contributed by atoms with Gasteiger partial charge in [-0.2, -0.15) is 0 Å². The SMILES string of the molecule is O.[O-2].[O-2].[W]. The van der Waals surface area contributed by atoms with Crippen LogP contribution in [0.1, 0.15) is 0 Å². The minimum absolute atomic E-state index is 0. The fraction of sp³-hybridized carbons (Fsp3) is 0. The Morgan fingerprint density at radius 3 is 0.750 bits per heavy atom. The van der Waals surface area contributed by atoms with Gasteiger partial charge in [0.15, 0.2) is 0 Å². The first-order valence-electron chi connectivity index (χ1n) is 0. The van der Waals surface area contributed by atoms with Crippen molar-refractivity contribution in [2.75, 3.05) is 0 Å². The maximum Gasteiger partial charge on any atom is 0 e. The Kier molecular flexibility index (Phi) is 3280. The van der Waals surface area contributed by atoms with E-state index in [1.54, 1.807) is 0 Å². The van der Waals surface area contributed by atoms with Crippen molar-refractivity contribution in [3.8, 4) is 0 Å². The van der Waals surface area contributed by atoms with Crippen LogP contribution in [0.15, 0.2) is 0 Å². The quantitative estimate of drug-likeness (QED) is 0.511. The third-order valence-corrected chi connectivity index (χ3v) is 0. The van der Waals surface area contributed by atoms with E-state index in [0.717, 1.165) is 0 Å². The van der Waals surface area contributed by atoms with Crippen molar-refractivity contribution >= 4 is 0 Å². The molecule has 0 bridgehead atoms. The van der Waals surface area contributed by atoms with Crippen LogP contribution < -0.4 is 0 Å². The maximum atomic E-state index is 0. The molecule has 0 aliphatic rings. The smallest absolute Gasteiger partial charge is 0 e. The van der Waals surface area contributed by atoms with E-state index in [-0.39, 0.29) is 37.5 Å². The van der Waals surface area contributed by atoms with Crippen LogP contribution in [0.2, 0.25) is 0 Å². The minimum atomic E-state index is 0. The van der Waals surface area contributed by atoms with Crippen molar-refractivity contribution < 1.29 is 37.5 Å². The molecule has 0 atom stereocenters. The third-order valence-electron chi connectivity index (χ3n) is 0. The Bertz CT molecular complexity index is 3.25. The van der Waals surface area contributed by atoms with Crippen LogP contribution >= 0.6 is 0 Å². The molecule has 2 N–H and O–H groups in total. The normalized spacial score (nSPS) is 0. The molecule has 0 rings (SSSR count). The summed E-state index contributed by atoms with van der Waals surface area (Å²) < 4.78 is 0. The standard InChI is InChI=1S/H2O.2O.W/h1H2;;;/q;2*-2;. The molecule has 0 aromatic carbocycles. The van der Waals surface area contributed by atoms with Crippen molar-refractivity contribution in [3.05, 3.63) is 0 Å². The average molecular weight is 234 g/mol.